The van der Waals surface area contributed by atoms with E-state index in [9.17, 15) is 0 Å². The Morgan fingerprint density at radius 2 is 1.82 bits per heavy atom. The maximum atomic E-state index is 6.14. The van der Waals surface area contributed by atoms with Crippen LogP contribution in [0, 0.1) is 6.92 Å². The normalized spacial score (nSPS) is 20.1. The average Bonchev–Trinajstić information content (AvgIpc) is 2.82. The van der Waals surface area contributed by atoms with Crippen molar-refractivity contribution in [2.75, 3.05) is 18.0 Å². The maximum absolute atomic E-state index is 6.14. The SMILES string of the molecule is Cc1noc(-c2cccnc2N2CC(C)(C)OC(C)(C)C2)n1. The minimum atomic E-state index is -0.249. The van der Waals surface area contributed by atoms with Crippen LogP contribution in [0.3, 0.4) is 0 Å². The predicted molar refractivity (Wildman–Crippen MR) is 83.7 cm³/mol. The summed E-state index contributed by atoms with van der Waals surface area (Å²) in [6.07, 6.45) is 1.79. The zero-order chi connectivity index (χ0) is 16.0. The Hall–Kier alpha value is -1.95. The monoisotopic (exact) mass is 302 g/mol. The molecule has 2 aromatic heterocycles. The number of rotatable bonds is 2. The maximum Gasteiger partial charge on any atom is 0.261 e. The molecule has 0 unspecified atom stereocenters. The Labute approximate surface area is 130 Å². The molecule has 1 aliphatic heterocycles. The van der Waals surface area contributed by atoms with Crippen molar-refractivity contribution < 1.29 is 9.26 Å². The Kier molecular flexibility index (Phi) is 3.44. The summed E-state index contributed by atoms with van der Waals surface area (Å²) in [5.41, 5.74) is 0.361. The van der Waals surface area contributed by atoms with Gasteiger partial charge in [0, 0.05) is 19.3 Å². The molecule has 0 N–H and O–H groups in total. The number of morpholine rings is 1. The van der Waals surface area contributed by atoms with Gasteiger partial charge < -0.3 is 14.2 Å². The van der Waals surface area contributed by atoms with Crippen molar-refractivity contribution in [2.24, 2.45) is 0 Å². The summed E-state index contributed by atoms with van der Waals surface area (Å²) in [5, 5.41) is 3.88. The summed E-state index contributed by atoms with van der Waals surface area (Å²) in [6.45, 7) is 11.7. The zero-order valence-corrected chi connectivity index (χ0v) is 13.8. The van der Waals surface area contributed by atoms with Gasteiger partial charge in [0.25, 0.3) is 5.89 Å². The van der Waals surface area contributed by atoms with Crippen LogP contribution < -0.4 is 4.90 Å². The van der Waals surface area contributed by atoms with Crippen molar-refractivity contribution >= 4 is 5.82 Å². The van der Waals surface area contributed by atoms with Gasteiger partial charge in [0.2, 0.25) is 0 Å². The van der Waals surface area contributed by atoms with Gasteiger partial charge in [0.15, 0.2) is 5.82 Å². The van der Waals surface area contributed by atoms with Crippen molar-refractivity contribution in [1.82, 2.24) is 15.1 Å². The first-order valence-corrected chi connectivity index (χ1v) is 7.47. The van der Waals surface area contributed by atoms with Crippen LogP contribution in [0.5, 0.6) is 0 Å². The number of pyridine rings is 1. The molecule has 3 rings (SSSR count). The molecule has 1 saturated heterocycles. The lowest BCUT2D eigenvalue weighted by molar-refractivity contribution is -0.133. The fraction of sp³-hybridized carbons (Fsp3) is 0.562. The number of nitrogens with zero attached hydrogens (tertiary/aromatic N) is 4. The molecule has 3 heterocycles. The van der Waals surface area contributed by atoms with Gasteiger partial charge >= 0.3 is 0 Å². The van der Waals surface area contributed by atoms with Gasteiger partial charge in [-0.25, -0.2) is 4.98 Å². The average molecular weight is 302 g/mol. The third-order valence-corrected chi connectivity index (χ3v) is 3.54. The molecule has 1 fully saturated rings. The summed E-state index contributed by atoms with van der Waals surface area (Å²) >= 11 is 0. The van der Waals surface area contributed by atoms with Gasteiger partial charge in [-0.05, 0) is 46.8 Å². The number of hydrogen-bond donors (Lipinski definition) is 0. The minimum Gasteiger partial charge on any atom is -0.366 e. The van der Waals surface area contributed by atoms with E-state index in [1.54, 1.807) is 6.20 Å². The molecule has 0 atom stereocenters. The molecule has 1 aliphatic rings. The number of aromatic nitrogens is 3. The summed E-state index contributed by atoms with van der Waals surface area (Å²) in [4.78, 5) is 11.1. The van der Waals surface area contributed by atoms with Gasteiger partial charge in [-0.15, -0.1) is 0 Å². The molecular weight excluding hydrogens is 280 g/mol. The van der Waals surface area contributed by atoms with Crippen molar-refractivity contribution in [3.8, 4) is 11.5 Å². The molecule has 6 heteroatoms. The fourth-order valence-electron chi connectivity index (χ4n) is 3.16. The van der Waals surface area contributed by atoms with E-state index in [-0.39, 0.29) is 11.2 Å². The first-order valence-electron chi connectivity index (χ1n) is 7.47. The van der Waals surface area contributed by atoms with Crippen LogP contribution in [0.2, 0.25) is 0 Å². The molecule has 0 bridgehead atoms. The molecule has 0 radical (unpaired) electrons. The molecule has 0 aromatic carbocycles. The molecule has 0 aliphatic carbocycles. The van der Waals surface area contributed by atoms with E-state index in [0.29, 0.717) is 11.7 Å². The van der Waals surface area contributed by atoms with Gasteiger partial charge in [0.05, 0.1) is 16.8 Å². The molecular formula is C16H22N4O2. The first-order chi connectivity index (χ1) is 10.3. The number of hydrogen-bond acceptors (Lipinski definition) is 6. The largest absolute Gasteiger partial charge is 0.366 e. The Bertz CT molecular complexity index is 662. The second-order valence-corrected chi connectivity index (χ2v) is 7.00. The summed E-state index contributed by atoms with van der Waals surface area (Å²) < 4.78 is 11.5. The van der Waals surface area contributed by atoms with E-state index in [1.165, 1.54) is 0 Å². The van der Waals surface area contributed by atoms with Crippen LogP contribution in [0.4, 0.5) is 5.82 Å². The molecule has 22 heavy (non-hydrogen) atoms. The van der Waals surface area contributed by atoms with Crippen molar-refractivity contribution in [1.29, 1.82) is 0 Å². The lowest BCUT2D eigenvalue weighted by Crippen LogP contribution is -2.57. The van der Waals surface area contributed by atoms with Gasteiger partial charge in [-0.2, -0.15) is 4.98 Å². The minimum absolute atomic E-state index is 0.249. The highest BCUT2D eigenvalue weighted by Gasteiger charge is 2.39. The van der Waals surface area contributed by atoms with Crippen molar-refractivity contribution in [2.45, 2.75) is 45.8 Å². The van der Waals surface area contributed by atoms with Crippen molar-refractivity contribution in [3.05, 3.63) is 24.2 Å². The van der Waals surface area contributed by atoms with Crippen LogP contribution in [-0.4, -0.2) is 39.4 Å². The molecule has 0 saturated carbocycles. The third-order valence-electron chi connectivity index (χ3n) is 3.54. The second-order valence-electron chi connectivity index (χ2n) is 7.00. The van der Waals surface area contributed by atoms with E-state index < -0.39 is 0 Å². The van der Waals surface area contributed by atoms with E-state index in [4.69, 9.17) is 9.26 Å². The fourth-order valence-corrected chi connectivity index (χ4v) is 3.16. The third kappa shape index (κ3) is 2.97. The quantitative estimate of drug-likeness (QED) is 0.850. The Morgan fingerprint density at radius 1 is 1.14 bits per heavy atom. The van der Waals surface area contributed by atoms with Crippen LogP contribution in [0.25, 0.3) is 11.5 Å². The molecule has 0 spiro atoms. The Morgan fingerprint density at radius 3 is 2.41 bits per heavy atom. The summed E-state index contributed by atoms with van der Waals surface area (Å²) in [6, 6.07) is 3.85. The van der Waals surface area contributed by atoms with E-state index >= 15 is 0 Å². The van der Waals surface area contributed by atoms with Gasteiger partial charge in [-0.3, -0.25) is 0 Å². The molecule has 118 valence electrons. The van der Waals surface area contributed by atoms with Crippen LogP contribution >= 0.6 is 0 Å². The summed E-state index contributed by atoms with van der Waals surface area (Å²) in [7, 11) is 0. The molecule has 6 nitrogen and oxygen atoms in total. The van der Waals surface area contributed by atoms with Crippen molar-refractivity contribution in [3.63, 3.8) is 0 Å². The van der Waals surface area contributed by atoms with Gasteiger partial charge in [0.1, 0.15) is 5.82 Å². The highest BCUT2D eigenvalue weighted by molar-refractivity contribution is 5.70. The zero-order valence-electron chi connectivity index (χ0n) is 13.8. The number of aryl methyl sites for hydroxylation is 1. The van der Waals surface area contributed by atoms with E-state index in [2.05, 4.69) is 47.7 Å². The van der Waals surface area contributed by atoms with E-state index in [0.717, 1.165) is 24.5 Å². The molecule has 2 aromatic rings. The Balaban J connectivity index is 2.01. The topological polar surface area (TPSA) is 64.3 Å². The predicted octanol–water partition coefficient (Wildman–Crippen LogP) is 2.83. The van der Waals surface area contributed by atoms with Crippen LogP contribution in [0.15, 0.2) is 22.9 Å². The second kappa shape index (κ2) is 5.05. The smallest absolute Gasteiger partial charge is 0.261 e. The van der Waals surface area contributed by atoms with Crippen LogP contribution in [0.1, 0.15) is 33.5 Å². The molecule has 0 amide bonds. The van der Waals surface area contributed by atoms with Gasteiger partial charge in [-0.1, -0.05) is 5.16 Å². The lowest BCUT2D eigenvalue weighted by Gasteiger charge is -2.47. The highest BCUT2D eigenvalue weighted by Crippen LogP contribution is 2.34. The number of ether oxygens (including phenoxy) is 1. The van der Waals surface area contributed by atoms with E-state index in [1.807, 2.05) is 19.1 Å². The first kappa shape index (κ1) is 15.0. The standard InChI is InChI=1S/C16H22N4O2/c1-11-18-14(21-19-11)12-7-6-8-17-13(12)20-9-15(2,3)22-16(4,5)10-20/h6-8H,9-10H2,1-5H3. The number of anilines is 1. The van der Waals surface area contributed by atoms with Crippen LogP contribution in [-0.2, 0) is 4.74 Å². The highest BCUT2D eigenvalue weighted by atomic mass is 16.5. The summed E-state index contributed by atoms with van der Waals surface area (Å²) in [5.74, 6) is 1.98. The lowest BCUT2D eigenvalue weighted by atomic mass is 9.98.